The largest absolute Gasteiger partial charge is 0.496 e. The minimum Gasteiger partial charge on any atom is -0.496 e. The van der Waals surface area contributed by atoms with E-state index in [9.17, 15) is 0 Å². The van der Waals surface area contributed by atoms with Crippen molar-refractivity contribution in [3.05, 3.63) is 68.8 Å². The van der Waals surface area contributed by atoms with Crippen molar-refractivity contribution in [2.45, 2.75) is 47.8 Å². The Labute approximate surface area is 214 Å². The van der Waals surface area contributed by atoms with Crippen LogP contribution in [0, 0.1) is 19.8 Å². The Balaban J connectivity index is 1.90. The Morgan fingerprint density at radius 2 is 1.06 bits per heavy atom. The predicted molar refractivity (Wildman–Crippen MR) is 141 cm³/mol. The first-order valence-electron chi connectivity index (χ1n) is 12.5. The van der Waals surface area contributed by atoms with Crippen molar-refractivity contribution in [1.82, 2.24) is 0 Å². The molecule has 2 aromatic rings. The molecular weight excluding hydrogens is 456 g/mol. The van der Waals surface area contributed by atoms with Gasteiger partial charge in [-0.1, -0.05) is 19.1 Å². The summed E-state index contributed by atoms with van der Waals surface area (Å²) in [4.78, 5) is 0. The van der Waals surface area contributed by atoms with Gasteiger partial charge in [-0.15, -0.1) is 0 Å². The summed E-state index contributed by atoms with van der Waals surface area (Å²) in [6.45, 7) is 13.5. The van der Waals surface area contributed by atoms with Gasteiger partial charge in [0.05, 0.1) is 65.0 Å². The molecule has 6 bridgehead atoms. The molecule has 0 unspecified atom stereocenters. The highest BCUT2D eigenvalue weighted by Crippen LogP contribution is 2.46. The minimum absolute atomic E-state index is 0.182. The molecule has 2 heterocycles. The van der Waals surface area contributed by atoms with Gasteiger partial charge in [0, 0.05) is 17.0 Å². The van der Waals surface area contributed by atoms with E-state index in [1.165, 1.54) is 0 Å². The van der Waals surface area contributed by atoms with Gasteiger partial charge < -0.3 is 28.4 Å². The van der Waals surface area contributed by atoms with E-state index in [-0.39, 0.29) is 5.92 Å². The molecule has 0 saturated heterocycles. The Kier molecular flexibility index (Phi) is 8.39. The van der Waals surface area contributed by atoms with Crippen molar-refractivity contribution in [2.75, 3.05) is 40.6 Å². The summed E-state index contributed by atoms with van der Waals surface area (Å²) in [6.07, 6.45) is 0. The van der Waals surface area contributed by atoms with Crippen LogP contribution < -0.4 is 9.47 Å². The SMILES string of the molecule is COc1c2cc(C)cc1C1=C(C)C(C)C(C)=C(O1)c1cc(C)cc(c1OC)COCCOCCOC2. The van der Waals surface area contributed by atoms with Gasteiger partial charge in [-0.25, -0.2) is 0 Å². The monoisotopic (exact) mass is 494 g/mol. The van der Waals surface area contributed by atoms with Crippen molar-refractivity contribution in [1.29, 1.82) is 0 Å². The van der Waals surface area contributed by atoms with Gasteiger partial charge in [0.15, 0.2) is 0 Å². The molecule has 0 aliphatic carbocycles. The van der Waals surface area contributed by atoms with Crippen LogP contribution in [-0.4, -0.2) is 40.6 Å². The van der Waals surface area contributed by atoms with E-state index in [1.54, 1.807) is 14.2 Å². The lowest BCUT2D eigenvalue weighted by Gasteiger charge is -2.31. The van der Waals surface area contributed by atoms with Crippen LogP contribution in [0.3, 0.4) is 0 Å². The molecule has 0 aromatic heterocycles. The molecule has 4 rings (SSSR count). The molecule has 2 aliphatic heterocycles. The fourth-order valence-corrected chi connectivity index (χ4v) is 4.95. The highest BCUT2D eigenvalue weighted by molar-refractivity contribution is 5.82. The molecule has 0 N–H and O–H groups in total. The van der Waals surface area contributed by atoms with Crippen molar-refractivity contribution in [2.24, 2.45) is 5.92 Å². The van der Waals surface area contributed by atoms with E-state index in [0.717, 1.165) is 67.5 Å². The molecule has 6 nitrogen and oxygen atoms in total. The third-order valence-corrected chi connectivity index (χ3v) is 7.00. The van der Waals surface area contributed by atoms with Crippen LogP contribution in [0.2, 0.25) is 0 Å². The summed E-state index contributed by atoms with van der Waals surface area (Å²) >= 11 is 0. The fraction of sp³-hybridized carbons (Fsp3) is 0.467. The van der Waals surface area contributed by atoms with E-state index < -0.39 is 0 Å². The molecule has 6 heteroatoms. The maximum atomic E-state index is 6.80. The number of hydrogen-bond acceptors (Lipinski definition) is 6. The average Bonchev–Trinajstić information content (AvgIpc) is 2.85. The van der Waals surface area contributed by atoms with Crippen LogP contribution in [0.25, 0.3) is 11.5 Å². The maximum Gasteiger partial charge on any atom is 0.137 e. The molecule has 194 valence electrons. The van der Waals surface area contributed by atoms with Gasteiger partial charge in [-0.05, 0) is 62.1 Å². The van der Waals surface area contributed by atoms with Gasteiger partial charge >= 0.3 is 0 Å². The van der Waals surface area contributed by atoms with E-state index in [1.807, 2.05) is 0 Å². The number of methoxy groups -OCH3 is 2. The number of ether oxygens (including phenoxy) is 6. The Hall–Kier alpha value is -2.80. The van der Waals surface area contributed by atoms with Crippen molar-refractivity contribution in [3.8, 4) is 11.5 Å². The first-order chi connectivity index (χ1) is 17.3. The van der Waals surface area contributed by atoms with Crippen LogP contribution >= 0.6 is 0 Å². The molecular formula is C30H38O6. The standard InChI is InChI=1S/C30H38O6/c1-18-12-23-16-34-10-8-33-9-11-35-17-24-13-19(2)15-26(30(24)32-7)28-22(5)20(3)21(4)27(36-28)25(14-18)29(23)31-6/h12-15,20H,8-11,16-17H2,1-7H3. The predicted octanol–water partition coefficient (Wildman–Crippen LogP) is 6.21. The van der Waals surface area contributed by atoms with Crippen LogP contribution in [0.15, 0.2) is 35.4 Å². The first kappa shape index (κ1) is 26.3. The molecule has 0 radical (unpaired) electrons. The van der Waals surface area contributed by atoms with Gasteiger partial charge in [0.1, 0.15) is 23.0 Å². The number of fused-ring (bicyclic) bond motifs is 8. The molecule has 0 fully saturated rings. The second-order valence-electron chi connectivity index (χ2n) is 9.58. The smallest absolute Gasteiger partial charge is 0.137 e. The lowest BCUT2D eigenvalue weighted by Crippen LogP contribution is -2.15. The Bertz CT molecular complexity index is 1090. The number of allylic oxidation sites excluding steroid dienone is 2. The summed E-state index contributed by atoms with van der Waals surface area (Å²) in [6, 6.07) is 8.46. The highest BCUT2D eigenvalue weighted by Gasteiger charge is 2.30. The topological polar surface area (TPSA) is 55.4 Å². The molecule has 0 saturated carbocycles. The summed E-state index contributed by atoms with van der Waals surface area (Å²) in [7, 11) is 3.40. The minimum atomic E-state index is 0.182. The van der Waals surface area contributed by atoms with Crippen LogP contribution in [0.1, 0.15) is 54.2 Å². The summed E-state index contributed by atoms with van der Waals surface area (Å²) in [5.41, 5.74) is 8.37. The van der Waals surface area contributed by atoms with Crippen molar-refractivity contribution < 1.29 is 28.4 Å². The van der Waals surface area contributed by atoms with E-state index >= 15 is 0 Å². The van der Waals surface area contributed by atoms with Crippen molar-refractivity contribution >= 4 is 11.5 Å². The number of rotatable bonds is 2. The quantitative estimate of drug-likeness (QED) is 0.495. The third kappa shape index (κ3) is 5.31. The number of aryl methyl sites for hydroxylation is 2. The van der Waals surface area contributed by atoms with Gasteiger partial charge in [-0.2, -0.15) is 0 Å². The van der Waals surface area contributed by atoms with Crippen LogP contribution in [-0.2, 0) is 32.2 Å². The molecule has 36 heavy (non-hydrogen) atoms. The fourth-order valence-electron chi connectivity index (χ4n) is 4.95. The number of benzene rings is 2. The summed E-state index contributed by atoms with van der Waals surface area (Å²) in [5.74, 6) is 3.36. The third-order valence-electron chi connectivity index (χ3n) is 7.00. The van der Waals surface area contributed by atoms with E-state index in [2.05, 4.69) is 58.9 Å². The van der Waals surface area contributed by atoms with Gasteiger partial charge in [0.2, 0.25) is 0 Å². The maximum absolute atomic E-state index is 6.80. The Morgan fingerprint density at radius 1 is 0.639 bits per heavy atom. The zero-order valence-electron chi connectivity index (χ0n) is 22.6. The second kappa shape index (κ2) is 11.5. The molecule has 0 atom stereocenters. The van der Waals surface area contributed by atoms with E-state index in [4.69, 9.17) is 28.4 Å². The normalized spacial score (nSPS) is 17.9. The molecule has 0 amide bonds. The van der Waals surface area contributed by atoms with Gasteiger partial charge in [-0.3, -0.25) is 0 Å². The summed E-state index contributed by atoms with van der Waals surface area (Å²) in [5, 5.41) is 0. The molecule has 2 aromatic carbocycles. The zero-order valence-corrected chi connectivity index (χ0v) is 22.6. The number of hydrogen-bond donors (Lipinski definition) is 0. The zero-order chi connectivity index (χ0) is 25.8. The molecule has 2 aliphatic rings. The summed E-state index contributed by atoms with van der Waals surface area (Å²) < 4.78 is 36.2. The van der Waals surface area contributed by atoms with E-state index in [0.29, 0.717) is 39.6 Å². The lowest BCUT2D eigenvalue weighted by atomic mass is 9.86. The molecule has 0 spiro atoms. The lowest BCUT2D eigenvalue weighted by molar-refractivity contribution is 0.00649. The van der Waals surface area contributed by atoms with Gasteiger partial charge in [0.25, 0.3) is 0 Å². The van der Waals surface area contributed by atoms with Crippen LogP contribution in [0.5, 0.6) is 11.5 Å². The van der Waals surface area contributed by atoms with Crippen molar-refractivity contribution in [3.63, 3.8) is 0 Å². The first-order valence-corrected chi connectivity index (χ1v) is 12.5. The average molecular weight is 495 g/mol. The highest BCUT2D eigenvalue weighted by atomic mass is 16.5. The Morgan fingerprint density at radius 3 is 1.47 bits per heavy atom. The second-order valence-corrected chi connectivity index (χ2v) is 9.58. The van der Waals surface area contributed by atoms with Crippen LogP contribution in [0.4, 0.5) is 0 Å².